The summed E-state index contributed by atoms with van der Waals surface area (Å²) < 4.78 is 5.17. The second-order valence-electron chi connectivity index (χ2n) is 4.51. The zero-order chi connectivity index (χ0) is 12.8. The molecule has 0 aliphatic heterocycles. The minimum absolute atomic E-state index is 0.414. The number of furan rings is 1. The standard InChI is InChI=1S/C15H21NOS/c1-3-7-16-14(10-12-5-8-17-11-12)15-13(4-2)6-9-18-15/h5-6,8-9,11,14,16H,3-4,7,10H2,1-2H3. The van der Waals surface area contributed by atoms with E-state index in [1.807, 2.05) is 17.6 Å². The van der Waals surface area contributed by atoms with Crippen molar-refractivity contribution in [2.24, 2.45) is 0 Å². The maximum Gasteiger partial charge on any atom is 0.0935 e. The number of aryl methyl sites for hydroxylation is 1. The van der Waals surface area contributed by atoms with Gasteiger partial charge in [0, 0.05) is 10.9 Å². The van der Waals surface area contributed by atoms with E-state index >= 15 is 0 Å². The van der Waals surface area contributed by atoms with Crippen molar-refractivity contribution in [1.29, 1.82) is 0 Å². The van der Waals surface area contributed by atoms with Crippen LogP contribution < -0.4 is 5.32 Å². The first-order valence-electron chi connectivity index (χ1n) is 6.65. The molecule has 0 amide bonds. The zero-order valence-corrected chi connectivity index (χ0v) is 11.9. The summed E-state index contributed by atoms with van der Waals surface area (Å²) in [5, 5.41) is 5.85. The summed E-state index contributed by atoms with van der Waals surface area (Å²) in [6, 6.07) is 4.72. The minimum Gasteiger partial charge on any atom is -0.472 e. The first-order valence-corrected chi connectivity index (χ1v) is 7.53. The first kappa shape index (κ1) is 13.4. The van der Waals surface area contributed by atoms with Gasteiger partial charge in [0.1, 0.15) is 0 Å². The second-order valence-corrected chi connectivity index (χ2v) is 5.45. The predicted molar refractivity (Wildman–Crippen MR) is 77.1 cm³/mol. The Morgan fingerprint density at radius 2 is 2.22 bits per heavy atom. The Morgan fingerprint density at radius 1 is 1.33 bits per heavy atom. The largest absolute Gasteiger partial charge is 0.472 e. The number of rotatable bonds is 7. The molecule has 0 aliphatic rings. The van der Waals surface area contributed by atoms with Gasteiger partial charge in [0.25, 0.3) is 0 Å². The van der Waals surface area contributed by atoms with Crippen LogP contribution in [0.4, 0.5) is 0 Å². The molecule has 2 aromatic heterocycles. The number of hydrogen-bond acceptors (Lipinski definition) is 3. The Bertz CT molecular complexity index is 447. The van der Waals surface area contributed by atoms with Crippen LogP contribution >= 0.6 is 11.3 Å². The maximum absolute atomic E-state index is 5.17. The lowest BCUT2D eigenvalue weighted by molar-refractivity contribution is 0.524. The van der Waals surface area contributed by atoms with Crippen molar-refractivity contribution in [2.45, 2.75) is 39.2 Å². The molecule has 0 saturated carbocycles. The lowest BCUT2D eigenvalue weighted by Crippen LogP contribution is -2.24. The van der Waals surface area contributed by atoms with Crippen LogP contribution in [0, 0.1) is 0 Å². The fourth-order valence-electron chi connectivity index (χ4n) is 2.17. The van der Waals surface area contributed by atoms with Gasteiger partial charge in [-0.1, -0.05) is 13.8 Å². The lowest BCUT2D eigenvalue weighted by atomic mass is 10.0. The fraction of sp³-hybridized carbons (Fsp3) is 0.467. The van der Waals surface area contributed by atoms with Crippen LogP contribution in [0.2, 0.25) is 0 Å². The molecular weight excluding hydrogens is 242 g/mol. The fourth-order valence-corrected chi connectivity index (χ4v) is 3.24. The molecule has 0 bridgehead atoms. The van der Waals surface area contributed by atoms with E-state index in [9.17, 15) is 0 Å². The molecule has 0 fully saturated rings. The molecule has 0 saturated heterocycles. The van der Waals surface area contributed by atoms with E-state index in [1.54, 1.807) is 6.26 Å². The number of nitrogens with one attached hydrogen (secondary N) is 1. The molecule has 0 aliphatic carbocycles. The molecule has 2 heterocycles. The Labute approximate surface area is 113 Å². The third kappa shape index (κ3) is 3.24. The molecule has 0 aromatic carbocycles. The quantitative estimate of drug-likeness (QED) is 0.810. The van der Waals surface area contributed by atoms with Crippen molar-refractivity contribution in [3.8, 4) is 0 Å². The minimum atomic E-state index is 0.414. The summed E-state index contributed by atoms with van der Waals surface area (Å²) >= 11 is 1.86. The van der Waals surface area contributed by atoms with E-state index in [-0.39, 0.29) is 0 Å². The van der Waals surface area contributed by atoms with Gasteiger partial charge in [-0.2, -0.15) is 0 Å². The third-order valence-corrected chi connectivity index (χ3v) is 4.21. The van der Waals surface area contributed by atoms with Crippen molar-refractivity contribution in [1.82, 2.24) is 5.32 Å². The lowest BCUT2D eigenvalue weighted by Gasteiger charge is -2.18. The van der Waals surface area contributed by atoms with Crippen LogP contribution in [0.25, 0.3) is 0 Å². The number of thiophene rings is 1. The topological polar surface area (TPSA) is 25.2 Å². The van der Waals surface area contributed by atoms with Gasteiger partial charge in [-0.25, -0.2) is 0 Å². The average Bonchev–Trinajstić information content (AvgIpc) is 3.04. The van der Waals surface area contributed by atoms with Gasteiger partial charge in [-0.15, -0.1) is 11.3 Å². The molecule has 18 heavy (non-hydrogen) atoms. The van der Waals surface area contributed by atoms with Crippen molar-refractivity contribution in [3.63, 3.8) is 0 Å². The molecule has 2 aromatic rings. The van der Waals surface area contributed by atoms with Crippen molar-refractivity contribution < 1.29 is 4.42 Å². The Kier molecular flexibility index (Phi) is 5.02. The Balaban J connectivity index is 2.14. The van der Waals surface area contributed by atoms with E-state index in [1.165, 1.54) is 16.0 Å². The highest BCUT2D eigenvalue weighted by Gasteiger charge is 2.16. The summed E-state index contributed by atoms with van der Waals surface area (Å²) in [6.07, 6.45) is 6.87. The first-order chi connectivity index (χ1) is 8.85. The van der Waals surface area contributed by atoms with Crippen LogP contribution in [-0.4, -0.2) is 6.54 Å². The summed E-state index contributed by atoms with van der Waals surface area (Å²) in [4.78, 5) is 1.48. The molecule has 1 atom stereocenters. The van der Waals surface area contributed by atoms with E-state index in [2.05, 4.69) is 36.7 Å². The van der Waals surface area contributed by atoms with Crippen LogP contribution in [0.5, 0.6) is 0 Å². The van der Waals surface area contributed by atoms with Crippen LogP contribution in [-0.2, 0) is 12.8 Å². The smallest absolute Gasteiger partial charge is 0.0935 e. The molecule has 98 valence electrons. The van der Waals surface area contributed by atoms with Crippen molar-refractivity contribution >= 4 is 11.3 Å². The molecular formula is C15H21NOS. The second kappa shape index (κ2) is 6.76. The normalized spacial score (nSPS) is 12.8. The highest BCUT2D eigenvalue weighted by Crippen LogP contribution is 2.28. The van der Waals surface area contributed by atoms with E-state index < -0.39 is 0 Å². The van der Waals surface area contributed by atoms with Gasteiger partial charge in [-0.05, 0) is 54.4 Å². The van der Waals surface area contributed by atoms with Crippen LogP contribution in [0.1, 0.15) is 42.3 Å². The third-order valence-electron chi connectivity index (χ3n) is 3.14. The van der Waals surface area contributed by atoms with Gasteiger partial charge in [0.2, 0.25) is 0 Å². The molecule has 2 rings (SSSR count). The van der Waals surface area contributed by atoms with Crippen LogP contribution in [0.15, 0.2) is 34.5 Å². The van der Waals surface area contributed by atoms with Crippen molar-refractivity contribution in [3.05, 3.63) is 46.0 Å². The molecule has 0 spiro atoms. The summed E-state index contributed by atoms with van der Waals surface area (Å²) in [5.74, 6) is 0. The molecule has 0 radical (unpaired) electrons. The molecule has 1 N–H and O–H groups in total. The van der Waals surface area contributed by atoms with Gasteiger partial charge in [0.15, 0.2) is 0 Å². The molecule has 2 nitrogen and oxygen atoms in total. The summed E-state index contributed by atoms with van der Waals surface area (Å²) in [7, 11) is 0. The SMILES string of the molecule is CCCNC(Cc1ccoc1)c1sccc1CC. The summed E-state index contributed by atoms with van der Waals surface area (Å²) in [6.45, 7) is 5.49. The maximum atomic E-state index is 5.17. The summed E-state index contributed by atoms with van der Waals surface area (Å²) in [5.41, 5.74) is 2.73. The van der Waals surface area contributed by atoms with Gasteiger partial charge < -0.3 is 9.73 Å². The van der Waals surface area contributed by atoms with Crippen molar-refractivity contribution in [2.75, 3.05) is 6.54 Å². The van der Waals surface area contributed by atoms with Gasteiger partial charge >= 0.3 is 0 Å². The monoisotopic (exact) mass is 263 g/mol. The highest BCUT2D eigenvalue weighted by atomic mass is 32.1. The predicted octanol–water partition coefficient (Wildman–Crippen LogP) is 4.19. The van der Waals surface area contributed by atoms with Gasteiger partial charge in [-0.3, -0.25) is 0 Å². The van der Waals surface area contributed by atoms with E-state index in [0.717, 1.165) is 25.8 Å². The Hall–Kier alpha value is -1.06. The average molecular weight is 263 g/mol. The molecule has 1 unspecified atom stereocenters. The molecule has 3 heteroatoms. The van der Waals surface area contributed by atoms with E-state index in [0.29, 0.717) is 6.04 Å². The Morgan fingerprint density at radius 3 is 2.89 bits per heavy atom. The zero-order valence-electron chi connectivity index (χ0n) is 11.1. The number of hydrogen-bond donors (Lipinski definition) is 1. The highest BCUT2D eigenvalue weighted by molar-refractivity contribution is 7.10. The van der Waals surface area contributed by atoms with E-state index in [4.69, 9.17) is 4.42 Å². The van der Waals surface area contributed by atoms with Gasteiger partial charge in [0.05, 0.1) is 12.5 Å². The van der Waals surface area contributed by atoms with Crippen LogP contribution in [0.3, 0.4) is 0 Å².